The standard InChI is InChI=1S/C44H51N9O8S/c1-62(60,61)32-9-4-25(5-10-32)19-35-39(40(45)55)46-23-37(48-35)51-16-2-3-27(24-51)47-41(56)26-20-30-6-7-31(21-26)52(30)28-14-17-50(18-15-28)29-8-11-33-34(22-29)44(59)53(43(33)58)36-12-13-38(54)49-42(36)57/h4-5,8-11,22-23,26-28,30-31,36H,2-3,6-7,12-21,24H2,1H3,(H2,45,55)(H,47,56)(H,49,54,57)/t26?,27-,30?,31?,36?/m1/s1. The second-order valence-electron chi connectivity index (χ2n) is 17.7. The Morgan fingerprint density at radius 3 is 2.24 bits per heavy atom. The van der Waals surface area contributed by atoms with Gasteiger partial charge in [-0.2, -0.15) is 0 Å². The monoisotopic (exact) mass is 865 g/mol. The zero-order valence-electron chi connectivity index (χ0n) is 34.6. The average Bonchev–Trinajstić information content (AvgIpc) is 3.66. The molecule has 6 aliphatic heterocycles. The Kier molecular flexibility index (Phi) is 11.1. The third kappa shape index (κ3) is 8.05. The number of piperidine rings is 4. The molecule has 0 radical (unpaired) electrons. The van der Waals surface area contributed by atoms with Crippen LogP contribution >= 0.6 is 0 Å². The fourth-order valence-electron chi connectivity index (χ4n) is 10.7. The van der Waals surface area contributed by atoms with Crippen LogP contribution in [0.15, 0.2) is 53.6 Å². The zero-order valence-corrected chi connectivity index (χ0v) is 35.4. The van der Waals surface area contributed by atoms with E-state index in [4.69, 9.17) is 10.7 Å². The van der Waals surface area contributed by atoms with E-state index in [2.05, 4.69) is 30.3 Å². The van der Waals surface area contributed by atoms with Gasteiger partial charge in [-0.15, -0.1) is 0 Å². The van der Waals surface area contributed by atoms with Gasteiger partial charge in [-0.1, -0.05) is 12.1 Å². The number of benzene rings is 2. The summed E-state index contributed by atoms with van der Waals surface area (Å²) in [6.45, 7) is 2.84. The summed E-state index contributed by atoms with van der Waals surface area (Å²) in [6, 6.07) is 11.7. The first-order chi connectivity index (χ1) is 29.7. The van der Waals surface area contributed by atoms with Gasteiger partial charge in [0.15, 0.2) is 9.84 Å². The lowest BCUT2D eigenvalue weighted by molar-refractivity contribution is -0.136. The van der Waals surface area contributed by atoms with Gasteiger partial charge >= 0.3 is 0 Å². The summed E-state index contributed by atoms with van der Waals surface area (Å²) >= 11 is 0. The van der Waals surface area contributed by atoms with E-state index in [-0.39, 0.29) is 58.8 Å². The number of hydrogen-bond donors (Lipinski definition) is 3. The van der Waals surface area contributed by atoms with Crippen molar-refractivity contribution in [2.24, 2.45) is 11.7 Å². The molecule has 2 aromatic carbocycles. The molecule has 7 heterocycles. The van der Waals surface area contributed by atoms with Gasteiger partial charge in [0.05, 0.1) is 27.9 Å². The molecule has 4 atom stereocenters. The molecular formula is C44H51N9O8S. The van der Waals surface area contributed by atoms with Crippen molar-refractivity contribution >= 4 is 56.8 Å². The number of sulfone groups is 1. The van der Waals surface area contributed by atoms with Gasteiger partial charge in [0.25, 0.3) is 17.7 Å². The van der Waals surface area contributed by atoms with Gasteiger partial charge in [0.2, 0.25) is 17.7 Å². The second kappa shape index (κ2) is 16.5. The average molecular weight is 866 g/mol. The van der Waals surface area contributed by atoms with Gasteiger partial charge in [0.1, 0.15) is 17.6 Å². The summed E-state index contributed by atoms with van der Waals surface area (Å²) in [7, 11) is -3.36. The molecule has 5 fully saturated rings. The minimum atomic E-state index is -3.36. The normalized spacial score (nSPS) is 25.8. The van der Waals surface area contributed by atoms with Crippen LogP contribution in [0.1, 0.15) is 107 Å². The number of anilines is 2. The van der Waals surface area contributed by atoms with E-state index in [9.17, 15) is 37.2 Å². The molecule has 5 saturated heterocycles. The number of nitrogens with one attached hydrogen (secondary N) is 2. The number of rotatable bonds is 10. The number of fused-ring (bicyclic) bond motifs is 3. The number of amides is 6. The van der Waals surface area contributed by atoms with Crippen molar-refractivity contribution in [1.29, 1.82) is 0 Å². The molecule has 2 bridgehead atoms. The highest BCUT2D eigenvalue weighted by Crippen LogP contribution is 2.42. The Hall–Kier alpha value is -5.75. The predicted octanol–water partition coefficient (Wildman–Crippen LogP) is 1.97. The third-order valence-electron chi connectivity index (χ3n) is 13.7. The maximum atomic E-state index is 13.9. The third-order valence-corrected chi connectivity index (χ3v) is 14.8. The van der Waals surface area contributed by atoms with Crippen molar-refractivity contribution in [3.8, 4) is 0 Å². The van der Waals surface area contributed by atoms with Crippen LogP contribution in [0, 0.1) is 5.92 Å². The highest BCUT2D eigenvalue weighted by Gasteiger charge is 2.47. The fraction of sp³-hybridized carbons (Fsp3) is 0.500. The summed E-state index contributed by atoms with van der Waals surface area (Å²) in [4.78, 5) is 94.4. The quantitative estimate of drug-likeness (QED) is 0.248. The lowest BCUT2D eigenvalue weighted by atomic mass is 9.86. The molecular weight excluding hydrogens is 815 g/mol. The van der Waals surface area contributed by atoms with Crippen molar-refractivity contribution in [2.75, 3.05) is 42.2 Å². The van der Waals surface area contributed by atoms with Crippen LogP contribution in [0.4, 0.5) is 11.5 Å². The maximum Gasteiger partial charge on any atom is 0.269 e. The van der Waals surface area contributed by atoms with Gasteiger partial charge in [0, 0.05) is 81.0 Å². The molecule has 6 aliphatic rings. The number of imide groups is 2. The number of hydrogen-bond acceptors (Lipinski definition) is 13. The van der Waals surface area contributed by atoms with Crippen molar-refractivity contribution in [2.45, 2.75) is 106 Å². The largest absolute Gasteiger partial charge is 0.371 e. The molecule has 62 heavy (non-hydrogen) atoms. The van der Waals surface area contributed by atoms with Crippen molar-refractivity contribution in [1.82, 2.24) is 30.4 Å². The first-order valence-corrected chi connectivity index (χ1v) is 23.5. The maximum absolute atomic E-state index is 13.9. The summed E-state index contributed by atoms with van der Waals surface area (Å²) in [6.07, 6.45) is 10.5. The van der Waals surface area contributed by atoms with Crippen molar-refractivity contribution < 1.29 is 37.2 Å². The summed E-state index contributed by atoms with van der Waals surface area (Å²) in [5.41, 5.74) is 8.30. The van der Waals surface area contributed by atoms with Gasteiger partial charge in [-0.3, -0.25) is 43.9 Å². The molecule has 1 aromatic heterocycles. The Morgan fingerprint density at radius 1 is 0.855 bits per heavy atom. The Morgan fingerprint density at radius 2 is 1.56 bits per heavy atom. The molecule has 17 nitrogen and oxygen atoms in total. The molecule has 9 rings (SSSR count). The lowest BCUT2D eigenvalue weighted by Crippen LogP contribution is -2.55. The Bertz CT molecular complexity index is 2440. The number of primary amides is 1. The minimum Gasteiger partial charge on any atom is -0.371 e. The zero-order chi connectivity index (χ0) is 43.4. The number of carbonyl (C=O) groups is 6. The molecule has 6 amide bonds. The van der Waals surface area contributed by atoms with Gasteiger partial charge in [-0.25, -0.2) is 18.4 Å². The van der Waals surface area contributed by atoms with E-state index >= 15 is 0 Å². The van der Waals surface area contributed by atoms with Crippen LogP contribution in [0.5, 0.6) is 0 Å². The van der Waals surface area contributed by atoms with E-state index in [0.717, 1.165) is 86.9 Å². The molecule has 0 saturated carbocycles. The van der Waals surface area contributed by atoms with Crippen LogP contribution in [0.3, 0.4) is 0 Å². The number of nitrogens with zero attached hydrogens (tertiary/aromatic N) is 6. The number of aromatic nitrogens is 2. The van der Waals surface area contributed by atoms with Crippen LogP contribution in [-0.2, 0) is 30.6 Å². The Balaban J connectivity index is 0.786. The molecule has 326 valence electrons. The fourth-order valence-corrected chi connectivity index (χ4v) is 11.3. The van der Waals surface area contributed by atoms with Crippen molar-refractivity contribution in [3.05, 3.63) is 76.7 Å². The summed E-state index contributed by atoms with van der Waals surface area (Å²) in [5, 5.41) is 5.61. The molecule has 4 N–H and O–H groups in total. The number of nitrogens with two attached hydrogens (primary N) is 1. The molecule has 3 unspecified atom stereocenters. The van der Waals surface area contributed by atoms with Gasteiger partial charge in [-0.05, 0) is 93.7 Å². The van der Waals surface area contributed by atoms with E-state index in [1.54, 1.807) is 30.5 Å². The topological polar surface area (TPSA) is 225 Å². The predicted molar refractivity (Wildman–Crippen MR) is 226 cm³/mol. The lowest BCUT2D eigenvalue weighted by Gasteiger charge is -2.46. The van der Waals surface area contributed by atoms with Crippen LogP contribution < -0.4 is 26.2 Å². The highest BCUT2D eigenvalue weighted by molar-refractivity contribution is 7.90. The first-order valence-electron chi connectivity index (χ1n) is 21.6. The van der Waals surface area contributed by atoms with E-state index in [1.807, 2.05) is 6.07 Å². The smallest absolute Gasteiger partial charge is 0.269 e. The Labute approximate surface area is 359 Å². The summed E-state index contributed by atoms with van der Waals surface area (Å²) in [5.74, 6) is -2.12. The van der Waals surface area contributed by atoms with E-state index in [1.165, 1.54) is 12.1 Å². The second-order valence-corrected chi connectivity index (χ2v) is 19.7. The molecule has 0 spiro atoms. The van der Waals surface area contributed by atoms with E-state index in [0.29, 0.717) is 42.7 Å². The van der Waals surface area contributed by atoms with Crippen LogP contribution in [0.25, 0.3) is 0 Å². The molecule has 3 aromatic rings. The minimum absolute atomic E-state index is 0.0615. The number of carbonyl (C=O) groups excluding carboxylic acids is 6. The SMILES string of the molecule is CS(=O)(=O)c1ccc(Cc2nc(N3CCC[C@@H](NC(=O)C4CC5CCC(C4)N5C4CCN(c5ccc6c(c5)C(=O)N(C5CCC(=O)NC5=O)C6=O)CC4)C3)cnc2C(N)=O)cc1. The van der Waals surface area contributed by atoms with Crippen LogP contribution in [0.2, 0.25) is 0 Å². The highest BCUT2D eigenvalue weighted by atomic mass is 32.2. The molecule has 18 heteroatoms. The summed E-state index contributed by atoms with van der Waals surface area (Å²) < 4.78 is 23.9. The van der Waals surface area contributed by atoms with Gasteiger partial charge < -0.3 is 20.9 Å². The van der Waals surface area contributed by atoms with Crippen LogP contribution in [-0.4, -0.2) is 126 Å². The van der Waals surface area contributed by atoms with E-state index < -0.39 is 45.4 Å². The van der Waals surface area contributed by atoms with Crippen molar-refractivity contribution in [3.63, 3.8) is 0 Å². The first kappa shape index (κ1) is 41.6. The molecule has 0 aliphatic carbocycles.